The molecule has 81 heavy (non-hydrogen) atoms. The molecule has 1 saturated carbocycles. The van der Waals surface area contributed by atoms with E-state index in [-0.39, 0.29) is 66.8 Å². The van der Waals surface area contributed by atoms with Crippen LogP contribution in [0.5, 0.6) is 17.2 Å². The van der Waals surface area contributed by atoms with Gasteiger partial charge in [0.1, 0.15) is 29.5 Å². The average molecular weight is 1090 g/mol. The average Bonchev–Trinajstić information content (AvgIpc) is 4.27. The summed E-state index contributed by atoms with van der Waals surface area (Å²) >= 11 is 0. The first kappa shape index (κ1) is 52.9. The molecule has 0 spiro atoms. The Morgan fingerprint density at radius 2 is 1.59 bits per heavy atom. The number of H-pyrrole nitrogens is 2. The van der Waals surface area contributed by atoms with Crippen LogP contribution in [0.1, 0.15) is 143 Å². The van der Waals surface area contributed by atoms with Crippen LogP contribution in [0.2, 0.25) is 0 Å². The Bertz CT molecular complexity index is 3590. The predicted molar refractivity (Wildman–Crippen MR) is 311 cm³/mol. The number of hydrogen-bond acceptors (Lipinski definition) is 11. The lowest BCUT2D eigenvalue weighted by Crippen LogP contribution is -2.43. The number of aromatic hydroxyl groups is 2. The molecule has 0 amide bonds. The van der Waals surface area contributed by atoms with Crippen molar-refractivity contribution >= 4 is 29.5 Å². The van der Waals surface area contributed by atoms with Crippen LogP contribution in [0.4, 0.5) is 5.82 Å². The molecule has 10 N–H and O–H groups in total. The molecule has 8 aliphatic rings. The maximum atomic E-state index is 16.3. The molecule has 0 unspecified atom stereocenters. The van der Waals surface area contributed by atoms with Gasteiger partial charge < -0.3 is 56.0 Å². The molecule has 6 heterocycles. The molecule has 4 aromatic carbocycles. The van der Waals surface area contributed by atoms with Gasteiger partial charge in [-0.05, 0) is 175 Å². The smallest absolute Gasteiger partial charge is 0.163 e. The second-order valence-corrected chi connectivity index (χ2v) is 23.7. The summed E-state index contributed by atoms with van der Waals surface area (Å²) < 4.78 is 6.63. The van der Waals surface area contributed by atoms with Gasteiger partial charge >= 0.3 is 0 Å². The first-order valence-corrected chi connectivity index (χ1v) is 29.2. The number of nitrogens with one attached hydrogen (secondary N) is 4. The Morgan fingerprint density at radius 3 is 2.46 bits per heavy atom. The van der Waals surface area contributed by atoms with E-state index in [1.165, 1.54) is 0 Å². The standard InChI is InChI=1S/C68H70N4O9/c73-30-24-49-60(75)19-14-38-31-55(65(78)61(32-38)81-42-10-2-3-11-42)64(77)53-34-51-45-16-17-47-52(51)33-50(53)43-12-4-1-7-39(43)9-6-27-69-37-41(63(47)76)15-18-57(72-67-48(45)23-29-71-67)54-35-58-46(22-28-70-58)56(62(54)66(49)79)36-68(80)25-20-40-8-5-13-59(74)44(40)21-26-68/h1,4-5,7-8,12-13,16-17,21-23,26,28-29,31-35,41-42,45,47,49,56-57,62-64,69-74,76-78,80H,2-3,6,9-11,14,19-20,24-25,27,30,36-37H2/t41-,45+,47-,49-,56+,57-,62+,63+,64+,68-/m1/s1. The van der Waals surface area contributed by atoms with Gasteiger partial charge in [0.15, 0.2) is 17.3 Å². The summed E-state index contributed by atoms with van der Waals surface area (Å²) in [5.74, 6) is 2.50. The van der Waals surface area contributed by atoms with Crippen molar-refractivity contribution in [3.63, 3.8) is 0 Å². The van der Waals surface area contributed by atoms with E-state index < -0.39 is 71.7 Å². The lowest BCUT2D eigenvalue weighted by Gasteiger charge is -2.40. The number of ether oxygens (including phenoxy) is 1. The van der Waals surface area contributed by atoms with Crippen molar-refractivity contribution in [1.82, 2.24) is 15.3 Å². The highest BCUT2D eigenvalue weighted by Gasteiger charge is 2.47. The van der Waals surface area contributed by atoms with E-state index in [4.69, 9.17) is 4.74 Å². The normalized spacial score (nSPS) is 27.9. The van der Waals surface area contributed by atoms with Crippen molar-refractivity contribution < 1.29 is 45.0 Å². The van der Waals surface area contributed by atoms with E-state index in [0.717, 1.165) is 88.7 Å². The van der Waals surface area contributed by atoms with Gasteiger partial charge in [-0.3, -0.25) is 9.59 Å². The zero-order chi connectivity index (χ0) is 55.5. The summed E-state index contributed by atoms with van der Waals surface area (Å²) in [6.45, 7) is 0.526. The fourth-order valence-corrected chi connectivity index (χ4v) is 14.5. The summed E-state index contributed by atoms with van der Waals surface area (Å²) in [5, 5.41) is 81.0. The number of phenols is 2. The lowest BCUT2D eigenvalue weighted by atomic mass is 9.65. The number of aliphatic hydroxyl groups excluding tert-OH is 3. The van der Waals surface area contributed by atoms with Crippen LogP contribution >= 0.6 is 0 Å². The minimum atomic E-state index is -1.48. The van der Waals surface area contributed by atoms with Crippen molar-refractivity contribution in [2.75, 3.05) is 25.0 Å². The quantitative estimate of drug-likeness (QED) is 0.0430. The second kappa shape index (κ2) is 21.8. The van der Waals surface area contributed by atoms with E-state index in [1.807, 2.05) is 48.8 Å². The van der Waals surface area contributed by atoms with E-state index in [1.54, 1.807) is 36.4 Å². The van der Waals surface area contributed by atoms with Gasteiger partial charge in [0.25, 0.3) is 0 Å². The monoisotopic (exact) mass is 1090 g/mol. The maximum Gasteiger partial charge on any atom is 0.163 e. The second-order valence-electron chi connectivity index (χ2n) is 23.7. The topological polar surface area (TPSA) is 220 Å². The predicted octanol–water partition coefficient (Wildman–Crippen LogP) is 9.58. The SMILES string of the molecule is O=C1CCc2cc(OC3CCCC3)c(O)c(c2)[C@@H](O)c2cc3c4cc2-c2ccccc2CCCNC[C@H]2C#C[C@@H](Nc5[nH]ccc5[C@@H]3C=C[C@H]4[C@H]2O)C2=Cc3[nH]ccc3[C@H](C[C@]3(O)C=Cc4c(O)cccc4CC3)[C@H]2C(=O)[C@@H]1CCO. The third-order valence-electron chi connectivity index (χ3n) is 18.7. The minimum absolute atomic E-state index is 0.0674. The van der Waals surface area contributed by atoms with Crippen LogP contribution in [-0.2, 0) is 28.9 Å². The van der Waals surface area contributed by atoms with E-state index in [0.29, 0.717) is 47.6 Å². The molecule has 2 aromatic heterocycles. The van der Waals surface area contributed by atoms with Crippen molar-refractivity contribution in [1.29, 1.82) is 0 Å². The molecular weight excluding hydrogens is 1020 g/mol. The molecule has 0 radical (unpaired) electrons. The number of phenolic OH excluding ortho intramolecular Hbond substituents is 2. The summed E-state index contributed by atoms with van der Waals surface area (Å²) in [5.41, 5.74) is 8.92. The highest BCUT2D eigenvalue weighted by atomic mass is 16.5. The number of carbonyl (C=O) groups excluding carboxylic acids is 2. The number of aromatic amines is 2. The Hall–Kier alpha value is -7.44. The zero-order valence-corrected chi connectivity index (χ0v) is 45.3. The maximum absolute atomic E-state index is 16.3. The number of aromatic nitrogens is 2. The van der Waals surface area contributed by atoms with E-state index in [9.17, 15) is 30.6 Å². The lowest BCUT2D eigenvalue weighted by molar-refractivity contribution is -0.135. The Labute approximate surface area is 471 Å². The van der Waals surface area contributed by atoms with Gasteiger partial charge in [0, 0.05) is 78.0 Å². The Kier molecular flexibility index (Phi) is 14.2. The Balaban J connectivity index is 1.05. The van der Waals surface area contributed by atoms with Crippen molar-refractivity contribution in [3.8, 4) is 40.2 Å². The van der Waals surface area contributed by atoms with Crippen LogP contribution in [0.15, 0.2) is 115 Å². The molecule has 13 heteroatoms. The van der Waals surface area contributed by atoms with Gasteiger partial charge in [0.2, 0.25) is 0 Å². The van der Waals surface area contributed by atoms with Gasteiger partial charge in [0.05, 0.1) is 29.6 Å². The number of rotatable bonds is 6. The number of allylic oxidation sites excluding steroid dienone is 1. The summed E-state index contributed by atoms with van der Waals surface area (Å²) in [7, 11) is 0. The van der Waals surface area contributed by atoms with Crippen LogP contribution < -0.4 is 15.4 Å². The first-order valence-electron chi connectivity index (χ1n) is 29.2. The zero-order valence-electron chi connectivity index (χ0n) is 45.3. The van der Waals surface area contributed by atoms with Crippen molar-refractivity contribution in [2.45, 2.75) is 125 Å². The number of ketones is 2. The molecule has 0 saturated heterocycles. The molecular formula is C68H70N4O9. The Morgan fingerprint density at radius 1 is 0.765 bits per heavy atom. The summed E-state index contributed by atoms with van der Waals surface area (Å²) in [6.07, 6.45) is 16.5. The number of hydrogen-bond donors (Lipinski definition) is 10. The summed E-state index contributed by atoms with van der Waals surface area (Å²) in [6, 6.07) is 24.4. The molecule has 416 valence electrons. The number of anilines is 1. The van der Waals surface area contributed by atoms with Gasteiger partial charge in [-0.15, -0.1) is 0 Å². The highest BCUT2D eigenvalue weighted by Crippen LogP contribution is 2.52. The minimum Gasteiger partial charge on any atom is -0.507 e. The van der Waals surface area contributed by atoms with Crippen LogP contribution in [0.3, 0.4) is 0 Å². The number of aliphatic hydroxyl groups is 4. The molecule has 4 aliphatic heterocycles. The van der Waals surface area contributed by atoms with Crippen molar-refractivity contribution in [2.24, 2.45) is 17.8 Å². The van der Waals surface area contributed by atoms with Crippen LogP contribution in [0, 0.1) is 29.6 Å². The van der Waals surface area contributed by atoms with Gasteiger partial charge in [-0.2, -0.15) is 0 Å². The largest absolute Gasteiger partial charge is 0.507 e. The number of carbonyl (C=O) groups is 2. The molecule has 1 fully saturated rings. The number of fused-ring (bicyclic) bond motifs is 10. The molecule has 13 nitrogen and oxygen atoms in total. The molecule has 10 bridgehead atoms. The molecule has 10 atom stereocenters. The van der Waals surface area contributed by atoms with E-state index in [2.05, 4.69) is 68.9 Å². The molecule has 6 aromatic rings. The first-order chi connectivity index (χ1) is 39.4. The highest BCUT2D eigenvalue weighted by molar-refractivity contribution is 6.05. The van der Waals surface area contributed by atoms with Crippen LogP contribution in [-0.4, -0.2) is 95.7 Å². The fourth-order valence-electron chi connectivity index (χ4n) is 14.5. The third-order valence-corrected chi connectivity index (χ3v) is 18.7. The third kappa shape index (κ3) is 9.84. The van der Waals surface area contributed by atoms with Crippen molar-refractivity contribution in [3.05, 3.63) is 176 Å². The van der Waals surface area contributed by atoms with Gasteiger partial charge in [-0.1, -0.05) is 78.6 Å². The van der Waals surface area contributed by atoms with Crippen LogP contribution in [0.25, 0.3) is 23.3 Å². The fraction of sp³-hybridized carbons (Fsp3) is 0.382. The summed E-state index contributed by atoms with van der Waals surface area (Å²) in [4.78, 5) is 38.5. The molecule has 14 rings (SSSR count). The number of Topliss-reactive ketones (excluding diaryl/α,β-unsaturated/α-hetero) is 2. The number of benzene rings is 4. The number of aryl methyl sites for hydroxylation is 3. The van der Waals surface area contributed by atoms with Gasteiger partial charge in [-0.25, -0.2) is 0 Å². The van der Waals surface area contributed by atoms with E-state index >= 15 is 9.59 Å². The molecule has 4 aliphatic carbocycles.